The number of carbonyl (C=O) groups is 1. The molecule has 0 aliphatic heterocycles. The molecular weight excluding hydrogens is 365 g/mol. The second-order valence-corrected chi connectivity index (χ2v) is 6.03. The summed E-state index contributed by atoms with van der Waals surface area (Å²) >= 11 is 12.3. The minimum Gasteiger partial charge on any atom is -0.360 e. The average Bonchev–Trinajstić information content (AvgIpc) is 2.95. The van der Waals surface area contributed by atoms with Gasteiger partial charge in [0, 0.05) is 11.8 Å². The van der Waals surface area contributed by atoms with Gasteiger partial charge in [0.1, 0.15) is 11.5 Å². The summed E-state index contributed by atoms with van der Waals surface area (Å²) in [6, 6.07) is 8.26. The van der Waals surface area contributed by atoms with Gasteiger partial charge in [-0.2, -0.15) is 0 Å². The van der Waals surface area contributed by atoms with E-state index in [-0.39, 0.29) is 11.6 Å². The number of nitrogens with one attached hydrogen (secondary N) is 2. The summed E-state index contributed by atoms with van der Waals surface area (Å²) in [6.45, 7) is 3.48. The van der Waals surface area contributed by atoms with Crippen LogP contribution in [0.3, 0.4) is 0 Å². The van der Waals surface area contributed by atoms with E-state index in [1.54, 1.807) is 44.2 Å². The van der Waals surface area contributed by atoms with Gasteiger partial charge in [0.25, 0.3) is 5.91 Å². The Bertz CT molecular complexity index is 922. The van der Waals surface area contributed by atoms with Crippen LogP contribution in [-0.4, -0.2) is 21.0 Å². The Morgan fingerprint density at radius 3 is 2.48 bits per heavy atom. The van der Waals surface area contributed by atoms with Gasteiger partial charge in [-0.3, -0.25) is 4.79 Å². The summed E-state index contributed by atoms with van der Waals surface area (Å²) in [6.07, 6.45) is 0. The van der Waals surface area contributed by atoms with Gasteiger partial charge in [-0.15, -0.1) is 0 Å². The number of hydrogen-bond acceptors (Lipinski definition) is 6. The lowest BCUT2D eigenvalue weighted by Gasteiger charge is -2.10. The Hall–Kier alpha value is -2.64. The third kappa shape index (κ3) is 4.07. The van der Waals surface area contributed by atoms with E-state index in [0.29, 0.717) is 33.0 Å². The van der Waals surface area contributed by atoms with Crippen molar-refractivity contribution in [2.24, 2.45) is 0 Å². The van der Waals surface area contributed by atoms with Crippen molar-refractivity contribution >= 4 is 46.6 Å². The number of amides is 1. The van der Waals surface area contributed by atoms with Crippen LogP contribution in [0.1, 0.15) is 21.9 Å². The Balaban J connectivity index is 1.86. The smallest absolute Gasteiger partial charge is 0.275 e. The number of para-hydroxylation sites is 1. The minimum atomic E-state index is -0.438. The molecule has 0 radical (unpaired) electrons. The van der Waals surface area contributed by atoms with Crippen molar-refractivity contribution in [3.63, 3.8) is 0 Å². The van der Waals surface area contributed by atoms with E-state index in [1.165, 1.54) is 0 Å². The van der Waals surface area contributed by atoms with Gasteiger partial charge in [-0.05, 0) is 32.0 Å². The van der Waals surface area contributed by atoms with E-state index in [9.17, 15) is 4.79 Å². The molecule has 9 heteroatoms. The van der Waals surface area contributed by atoms with E-state index >= 15 is 0 Å². The Labute approximate surface area is 153 Å². The standard InChI is InChI=1S/C16H13Cl2N5O2/c1-8-6-12(15(24)21-13-7-9(2)25-23-13)20-16(19-8)22-14-10(17)4-3-5-11(14)18/h3-7H,1-2H3,(H,19,20,22)(H,21,23,24). The molecule has 0 fully saturated rings. The zero-order chi connectivity index (χ0) is 18.0. The molecule has 0 saturated carbocycles. The molecule has 0 unspecified atom stereocenters. The van der Waals surface area contributed by atoms with Gasteiger partial charge in [0.2, 0.25) is 5.95 Å². The number of halogens is 2. The van der Waals surface area contributed by atoms with Crippen LogP contribution >= 0.6 is 23.2 Å². The normalized spacial score (nSPS) is 10.6. The molecule has 0 spiro atoms. The number of aromatic nitrogens is 3. The molecule has 0 aliphatic carbocycles. The van der Waals surface area contributed by atoms with E-state index in [1.807, 2.05) is 0 Å². The summed E-state index contributed by atoms with van der Waals surface area (Å²) in [7, 11) is 0. The van der Waals surface area contributed by atoms with Gasteiger partial charge in [0.05, 0.1) is 15.7 Å². The predicted octanol–water partition coefficient (Wildman–Crippen LogP) is 4.38. The Morgan fingerprint density at radius 2 is 1.84 bits per heavy atom. The first-order chi connectivity index (χ1) is 11.9. The molecule has 3 rings (SSSR count). The summed E-state index contributed by atoms with van der Waals surface area (Å²) in [4.78, 5) is 20.8. The number of benzene rings is 1. The second-order valence-electron chi connectivity index (χ2n) is 5.22. The van der Waals surface area contributed by atoms with Crippen molar-refractivity contribution in [3.05, 3.63) is 57.5 Å². The summed E-state index contributed by atoms with van der Waals surface area (Å²) in [5.74, 6) is 0.663. The minimum absolute atomic E-state index is 0.166. The van der Waals surface area contributed by atoms with Crippen LogP contribution in [0.5, 0.6) is 0 Å². The van der Waals surface area contributed by atoms with Crippen LogP contribution in [0.2, 0.25) is 10.0 Å². The zero-order valence-corrected chi connectivity index (χ0v) is 14.8. The largest absolute Gasteiger partial charge is 0.360 e. The highest BCUT2D eigenvalue weighted by molar-refractivity contribution is 6.39. The molecule has 0 aliphatic rings. The summed E-state index contributed by atoms with van der Waals surface area (Å²) in [5.41, 5.74) is 1.23. The van der Waals surface area contributed by atoms with Crippen LogP contribution in [0.15, 0.2) is 34.9 Å². The van der Waals surface area contributed by atoms with Gasteiger partial charge in [-0.1, -0.05) is 34.4 Å². The predicted molar refractivity (Wildman–Crippen MR) is 95.7 cm³/mol. The van der Waals surface area contributed by atoms with E-state index < -0.39 is 5.91 Å². The number of rotatable bonds is 4. The summed E-state index contributed by atoms with van der Waals surface area (Å²) < 4.78 is 4.91. The van der Waals surface area contributed by atoms with E-state index in [4.69, 9.17) is 27.7 Å². The molecule has 3 aromatic rings. The molecule has 25 heavy (non-hydrogen) atoms. The molecule has 2 N–H and O–H groups in total. The first-order valence-corrected chi connectivity index (χ1v) is 7.99. The van der Waals surface area contributed by atoms with E-state index in [0.717, 1.165) is 0 Å². The van der Waals surface area contributed by atoms with Crippen molar-refractivity contribution < 1.29 is 9.32 Å². The molecule has 0 atom stereocenters. The van der Waals surface area contributed by atoms with Gasteiger partial charge in [0.15, 0.2) is 5.82 Å². The maximum absolute atomic E-state index is 12.4. The van der Waals surface area contributed by atoms with Gasteiger partial charge >= 0.3 is 0 Å². The lowest BCUT2D eigenvalue weighted by molar-refractivity contribution is 0.102. The monoisotopic (exact) mass is 377 g/mol. The van der Waals surface area contributed by atoms with Crippen molar-refractivity contribution in [3.8, 4) is 0 Å². The third-order valence-corrected chi connectivity index (χ3v) is 3.79. The van der Waals surface area contributed by atoms with Crippen LogP contribution in [0.25, 0.3) is 0 Å². The number of aryl methyl sites for hydroxylation is 2. The van der Waals surface area contributed by atoms with Gasteiger partial charge < -0.3 is 15.2 Å². The fourth-order valence-electron chi connectivity index (χ4n) is 2.08. The van der Waals surface area contributed by atoms with Crippen molar-refractivity contribution in [2.45, 2.75) is 13.8 Å². The highest BCUT2D eigenvalue weighted by Crippen LogP contribution is 2.31. The molecule has 2 heterocycles. The number of hydrogen-bond donors (Lipinski definition) is 2. The lowest BCUT2D eigenvalue weighted by Crippen LogP contribution is -2.15. The average molecular weight is 378 g/mol. The highest BCUT2D eigenvalue weighted by atomic mass is 35.5. The molecule has 1 aromatic carbocycles. The molecule has 0 bridgehead atoms. The SMILES string of the molecule is Cc1cc(C(=O)Nc2cc(C)on2)nc(Nc2c(Cl)cccc2Cl)n1. The number of nitrogens with zero attached hydrogens (tertiary/aromatic N) is 3. The highest BCUT2D eigenvalue weighted by Gasteiger charge is 2.14. The fraction of sp³-hybridized carbons (Fsp3) is 0.125. The second kappa shape index (κ2) is 7.08. The van der Waals surface area contributed by atoms with Crippen LogP contribution in [0, 0.1) is 13.8 Å². The Kier molecular flexibility index (Phi) is 4.87. The lowest BCUT2D eigenvalue weighted by atomic mass is 10.3. The topological polar surface area (TPSA) is 92.9 Å². The summed E-state index contributed by atoms with van der Waals surface area (Å²) in [5, 5.41) is 10.1. The third-order valence-electron chi connectivity index (χ3n) is 3.16. The van der Waals surface area contributed by atoms with Crippen molar-refractivity contribution in [2.75, 3.05) is 10.6 Å². The number of carbonyl (C=O) groups excluding carboxylic acids is 1. The molecule has 2 aromatic heterocycles. The van der Waals surface area contributed by atoms with Gasteiger partial charge in [-0.25, -0.2) is 9.97 Å². The van der Waals surface area contributed by atoms with E-state index in [2.05, 4.69) is 25.8 Å². The first-order valence-electron chi connectivity index (χ1n) is 7.24. The molecule has 0 saturated heterocycles. The van der Waals surface area contributed by atoms with Crippen molar-refractivity contribution in [1.29, 1.82) is 0 Å². The maximum Gasteiger partial charge on any atom is 0.275 e. The fourth-order valence-corrected chi connectivity index (χ4v) is 2.57. The van der Waals surface area contributed by atoms with Crippen LogP contribution < -0.4 is 10.6 Å². The first kappa shape index (κ1) is 17.2. The van der Waals surface area contributed by atoms with Crippen LogP contribution in [-0.2, 0) is 0 Å². The quantitative estimate of drug-likeness (QED) is 0.700. The zero-order valence-electron chi connectivity index (χ0n) is 13.3. The van der Waals surface area contributed by atoms with Crippen LogP contribution in [0.4, 0.5) is 17.5 Å². The molecule has 7 nitrogen and oxygen atoms in total. The molecule has 1 amide bonds. The Morgan fingerprint density at radius 1 is 1.12 bits per heavy atom. The molecule has 128 valence electrons. The molecular formula is C16H13Cl2N5O2. The van der Waals surface area contributed by atoms with Crippen molar-refractivity contribution in [1.82, 2.24) is 15.1 Å². The maximum atomic E-state index is 12.4. The number of anilines is 3.